The lowest BCUT2D eigenvalue weighted by Crippen LogP contribution is -2.46. The molecule has 0 radical (unpaired) electrons. The van der Waals surface area contributed by atoms with Crippen molar-refractivity contribution in [1.82, 2.24) is 9.80 Å². The summed E-state index contributed by atoms with van der Waals surface area (Å²) in [5.74, 6) is 0.847. The molecule has 2 aliphatic rings. The van der Waals surface area contributed by atoms with Gasteiger partial charge in [-0.15, -0.1) is 0 Å². The fourth-order valence-electron chi connectivity index (χ4n) is 3.37. The van der Waals surface area contributed by atoms with Gasteiger partial charge in [0.2, 0.25) is 0 Å². The zero-order valence-electron chi connectivity index (χ0n) is 12.9. The first kappa shape index (κ1) is 13.9. The summed E-state index contributed by atoms with van der Waals surface area (Å²) in [4.78, 5) is 7.65. The monoisotopic (exact) mass is 273 g/mol. The number of rotatable bonds is 3. The highest BCUT2D eigenvalue weighted by molar-refractivity contribution is 5.48. The molecule has 1 aromatic rings. The molecular weight excluding hydrogens is 246 g/mol. The number of hydrogen-bond acceptors (Lipinski definition) is 3. The number of nitrogens with zero attached hydrogens (tertiary/aromatic N) is 3. The molecule has 0 aromatic heterocycles. The largest absolute Gasteiger partial charge is 0.371 e. The third-order valence-corrected chi connectivity index (χ3v) is 4.80. The van der Waals surface area contributed by atoms with Crippen LogP contribution in [-0.2, 0) is 0 Å². The Balaban J connectivity index is 1.50. The first-order valence-corrected chi connectivity index (χ1v) is 7.93. The fourth-order valence-corrected chi connectivity index (χ4v) is 3.37. The van der Waals surface area contributed by atoms with Crippen LogP contribution in [0.5, 0.6) is 0 Å². The van der Waals surface area contributed by atoms with Crippen LogP contribution in [0.15, 0.2) is 24.3 Å². The number of piperazine rings is 1. The van der Waals surface area contributed by atoms with Gasteiger partial charge in [-0.25, -0.2) is 0 Å². The highest BCUT2D eigenvalue weighted by Crippen LogP contribution is 2.24. The van der Waals surface area contributed by atoms with Crippen molar-refractivity contribution in [3.63, 3.8) is 0 Å². The average Bonchev–Trinajstić information content (AvgIpc) is 2.91. The van der Waals surface area contributed by atoms with Crippen molar-refractivity contribution in [2.75, 3.05) is 57.8 Å². The topological polar surface area (TPSA) is 9.72 Å². The highest BCUT2D eigenvalue weighted by Gasteiger charge is 2.25. The quantitative estimate of drug-likeness (QED) is 0.835. The minimum atomic E-state index is 0.847. The predicted octanol–water partition coefficient (Wildman–Crippen LogP) is 2.07. The van der Waals surface area contributed by atoms with Gasteiger partial charge in [-0.2, -0.15) is 0 Å². The van der Waals surface area contributed by atoms with Gasteiger partial charge in [0, 0.05) is 51.5 Å². The second-order valence-electron chi connectivity index (χ2n) is 6.54. The molecule has 2 saturated heterocycles. The average molecular weight is 273 g/mol. The van der Waals surface area contributed by atoms with Crippen LogP contribution in [0.25, 0.3) is 0 Å². The Labute approximate surface area is 123 Å². The second kappa shape index (κ2) is 6.15. The van der Waals surface area contributed by atoms with E-state index in [4.69, 9.17) is 0 Å². The molecule has 0 bridgehead atoms. The van der Waals surface area contributed by atoms with Gasteiger partial charge in [0.15, 0.2) is 0 Å². The van der Waals surface area contributed by atoms with E-state index in [1.54, 1.807) is 0 Å². The van der Waals surface area contributed by atoms with E-state index in [9.17, 15) is 0 Å². The smallest absolute Gasteiger partial charge is 0.0366 e. The predicted molar refractivity (Wildman–Crippen MR) is 85.4 cm³/mol. The van der Waals surface area contributed by atoms with Crippen LogP contribution in [0.4, 0.5) is 5.69 Å². The molecule has 0 spiro atoms. The Morgan fingerprint density at radius 3 is 2.40 bits per heavy atom. The zero-order valence-corrected chi connectivity index (χ0v) is 12.9. The summed E-state index contributed by atoms with van der Waals surface area (Å²) in [5.41, 5.74) is 2.75. The first-order chi connectivity index (χ1) is 9.70. The summed E-state index contributed by atoms with van der Waals surface area (Å²) in [6.45, 7) is 10.9. The molecule has 3 nitrogen and oxygen atoms in total. The molecule has 0 aliphatic carbocycles. The summed E-state index contributed by atoms with van der Waals surface area (Å²) in [6.07, 6.45) is 1.35. The highest BCUT2D eigenvalue weighted by atomic mass is 15.3. The van der Waals surface area contributed by atoms with Crippen molar-refractivity contribution in [3.8, 4) is 0 Å². The van der Waals surface area contributed by atoms with Gasteiger partial charge in [0.25, 0.3) is 0 Å². The molecule has 0 amide bonds. The molecule has 3 rings (SSSR count). The van der Waals surface area contributed by atoms with Crippen LogP contribution in [-0.4, -0.2) is 62.7 Å². The van der Waals surface area contributed by atoms with Gasteiger partial charge in [0.05, 0.1) is 0 Å². The molecular formula is C17H27N3. The Kier molecular flexibility index (Phi) is 4.27. The van der Waals surface area contributed by atoms with Crippen molar-refractivity contribution in [1.29, 1.82) is 0 Å². The van der Waals surface area contributed by atoms with Crippen LogP contribution < -0.4 is 4.90 Å². The standard InChI is InChI=1S/C17H27N3/c1-15-3-5-17(6-4-15)20-8-7-16(14-20)13-19-11-9-18(2)10-12-19/h3-6,16H,7-14H2,1-2H3. The minimum Gasteiger partial charge on any atom is -0.371 e. The van der Waals surface area contributed by atoms with Crippen LogP contribution in [0.3, 0.4) is 0 Å². The fraction of sp³-hybridized carbons (Fsp3) is 0.647. The number of benzene rings is 1. The van der Waals surface area contributed by atoms with Crippen LogP contribution in [0.2, 0.25) is 0 Å². The number of likely N-dealkylation sites (N-methyl/N-ethyl adjacent to an activating group) is 1. The number of hydrogen-bond donors (Lipinski definition) is 0. The van der Waals surface area contributed by atoms with Crippen molar-refractivity contribution < 1.29 is 0 Å². The van der Waals surface area contributed by atoms with E-state index in [-0.39, 0.29) is 0 Å². The molecule has 2 heterocycles. The van der Waals surface area contributed by atoms with Crippen molar-refractivity contribution in [2.24, 2.45) is 5.92 Å². The van der Waals surface area contributed by atoms with Crippen LogP contribution in [0, 0.1) is 12.8 Å². The van der Waals surface area contributed by atoms with E-state index in [1.807, 2.05) is 0 Å². The Morgan fingerprint density at radius 1 is 1.00 bits per heavy atom. The van der Waals surface area contributed by atoms with E-state index in [1.165, 1.54) is 63.5 Å². The van der Waals surface area contributed by atoms with Crippen molar-refractivity contribution in [3.05, 3.63) is 29.8 Å². The lowest BCUT2D eigenvalue weighted by Gasteiger charge is -2.33. The zero-order chi connectivity index (χ0) is 13.9. The van der Waals surface area contributed by atoms with E-state index < -0.39 is 0 Å². The van der Waals surface area contributed by atoms with Crippen molar-refractivity contribution >= 4 is 5.69 Å². The lowest BCUT2D eigenvalue weighted by atomic mass is 10.1. The summed E-state index contributed by atoms with van der Waals surface area (Å²) >= 11 is 0. The van der Waals surface area contributed by atoms with Crippen molar-refractivity contribution in [2.45, 2.75) is 13.3 Å². The van der Waals surface area contributed by atoms with Gasteiger partial charge in [-0.3, -0.25) is 0 Å². The molecule has 2 aliphatic heterocycles. The summed E-state index contributed by atoms with van der Waals surface area (Å²) in [6, 6.07) is 8.99. The van der Waals surface area contributed by atoms with E-state index in [2.05, 4.69) is 52.9 Å². The van der Waals surface area contributed by atoms with Gasteiger partial charge >= 0.3 is 0 Å². The van der Waals surface area contributed by atoms with Gasteiger partial charge in [0.1, 0.15) is 0 Å². The maximum Gasteiger partial charge on any atom is 0.0366 e. The molecule has 20 heavy (non-hydrogen) atoms. The van der Waals surface area contributed by atoms with E-state index >= 15 is 0 Å². The van der Waals surface area contributed by atoms with Crippen LogP contribution in [0.1, 0.15) is 12.0 Å². The second-order valence-corrected chi connectivity index (χ2v) is 6.54. The molecule has 1 atom stereocenters. The molecule has 3 heteroatoms. The Bertz CT molecular complexity index is 420. The summed E-state index contributed by atoms with van der Waals surface area (Å²) < 4.78 is 0. The third-order valence-electron chi connectivity index (χ3n) is 4.80. The Morgan fingerprint density at radius 2 is 1.70 bits per heavy atom. The maximum absolute atomic E-state index is 2.66. The van der Waals surface area contributed by atoms with Gasteiger partial charge in [-0.05, 0) is 38.4 Å². The number of aryl methyl sites for hydroxylation is 1. The molecule has 0 N–H and O–H groups in total. The molecule has 2 fully saturated rings. The van der Waals surface area contributed by atoms with Gasteiger partial charge < -0.3 is 14.7 Å². The molecule has 1 aromatic carbocycles. The summed E-state index contributed by atoms with van der Waals surface area (Å²) in [5, 5.41) is 0. The van der Waals surface area contributed by atoms with E-state index in [0.29, 0.717) is 0 Å². The Hall–Kier alpha value is -1.06. The minimum absolute atomic E-state index is 0.847. The maximum atomic E-state index is 2.66. The van der Waals surface area contributed by atoms with E-state index in [0.717, 1.165) is 5.92 Å². The SMILES string of the molecule is Cc1ccc(N2CCC(CN3CCN(C)CC3)C2)cc1. The first-order valence-electron chi connectivity index (χ1n) is 7.93. The van der Waals surface area contributed by atoms with Gasteiger partial charge in [-0.1, -0.05) is 17.7 Å². The lowest BCUT2D eigenvalue weighted by molar-refractivity contribution is 0.139. The third kappa shape index (κ3) is 3.33. The number of anilines is 1. The molecule has 110 valence electrons. The summed E-state index contributed by atoms with van der Waals surface area (Å²) in [7, 11) is 2.23. The normalized spacial score (nSPS) is 25.3. The molecule has 1 unspecified atom stereocenters. The van der Waals surface area contributed by atoms with Crippen LogP contribution >= 0.6 is 0 Å². The molecule has 0 saturated carbocycles.